The summed E-state index contributed by atoms with van der Waals surface area (Å²) in [5, 5.41) is 6.00. The molecule has 0 aliphatic rings. The summed E-state index contributed by atoms with van der Waals surface area (Å²) in [5.41, 5.74) is 1.19. The van der Waals surface area contributed by atoms with E-state index >= 15 is 0 Å². The number of ether oxygens (including phenoxy) is 1. The Morgan fingerprint density at radius 1 is 1.43 bits per heavy atom. The molecule has 114 valence electrons. The Morgan fingerprint density at radius 2 is 2.19 bits per heavy atom. The minimum Gasteiger partial charge on any atom is -0.467 e. The van der Waals surface area contributed by atoms with E-state index in [1.807, 2.05) is 13.8 Å². The second-order valence-electron chi connectivity index (χ2n) is 5.10. The first-order valence-corrected chi connectivity index (χ1v) is 6.78. The second-order valence-corrected chi connectivity index (χ2v) is 5.10. The maximum absolute atomic E-state index is 11.9. The number of carbonyl (C=O) groups is 1. The predicted octanol–water partition coefficient (Wildman–Crippen LogP) is 1.39. The number of nitrogens with zero attached hydrogens (tertiary/aromatic N) is 3. The van der Waals surface area contributed by atoms with E-state index in [0.717, 1.165) is 0 Å². The molecular formula is C13H20N6O2. The van der Waals surface area contributed by atoms with E-state index in [9.17, 15) is 4.79 Å². The molecule has 0 bridgehead atoms. The van der Waals surface area contributed by atoms with Crippen LogP contribution in [0.4, 0.5) is 11.8 Å². The van der Waals surface area contributed by atoms with Gasteiger partial charge in [-0.15, -0.1) is 0 Å². The molecule has 0 aromatic carbocycles. The van der Waals surface area contributed by atoms with Crippen molar-refractivity contribution in [2.45, 2.75) is 26.3 Å². The molecule has 0 radical (unpaired) electrons. The van der Waals surface area contributed by atoms with E-state index < -0.39 is 6.04 Å². The fourth-order valence-corrected chi connectivity index (χ4v) is 2.04. The smallest absolute Gasteiger partial charge is 0.328 e. The zero-order chi connectivity index (χ0) is 15.4. The third kappa shape index (κ3) is 3.39. The van der Waals surface area contributed by atoms with E-state index in [-0.39, 0.29) is 5.97 Å². The van der Waals surface area contributed by atoms with E-state index in [4.69, 9.17) is 4.74 Å². The molecule has 0 saturated carbocycles. The SMILES string of the molecule is CNc1nc(NC(CC(C)C)C(=O)OC)c2[nH]cnc2n1. The molecule has 0 amide bonds. The molecule has 0 saturated heterocycles. The Labute approximate surface area is 122 Å². The molecule has 8 heteroatoms. The largest absolute Gasteiger partial charge is 0.467 e. The van der Waals surface area contributed by atoms with Gasteiger partial charge in [-0.3, -0.25) is 0 Å². The maximum atomic E-state index is 11.9. The topological polar surface area (TPSA) is 105 Å². The normalized spacial score (nSPS) is 12.4. The molecule has 21 heavy (non-hydrogen) atoms. The van der Waals surface area contributed by atoms with Crippen molar-refractivity contribution < 1.29 is 9.53 Å². The van der Waals surface area contributed by atoms with Gasteiger partial charge in [0.2, 0.25) is 5.95 Å². The van der Waals surface area contributed by atoms with Crippen molar-refractivity contribution in [3.63, 3.8) is 0 Å². The van der Waals surface area contributed by atoms with Gasteiger partial charge < -0.3 is 20.4 Å². The third-order valence-corrected chi connectivity index (χ3v) is 3.01. The molecule has 1 atom stereocenters. The monoisotopic (exact) mass is 292 g/mol. The van der Waals surface area contributed by atoms with Crippen molar-refractivity contribution >= 4 is 28.9 Å². The van der Waals surface area contributed by atoms with Crippen LogP contribution in [0.25, 0.3) is 11.2 Å². The molecular weight excluding hydrogens is 272 g/mol. The highest BCUT2D eigenvalue weighted by molar-refractivity contribution is 5.87. The van der Waals surface area contributed by atoms with Crippen molar-refractivity contribution in [2.75, 3.05) is 24.8 Å². The number of aromatic nitrogens is 4. The number of fused-ring (bicyclic) bond motifs is 1. The molecule has 1 unspecified atom stereocenters. The average Bonchev–Trinajstić information content (AvgIpc) is 2.93. The van der Waals surface area contributed by atoms with Crippen molar-refractivity contribution in [3.8, 4) is 0 Å². The summed E-state index contributed by atoms with van der Waals surface area (Å²) in [6.45, 7) is 4.09. The number of rotatable bonds is 6. The summed E-state index contributed by atoms with van der Waals surface area (Å²) in [4.78, 5) is 27.6. The van der Waals surface area contributed by atoms with Gasteiger partial charge in [0.25, 0.3) is 0 Å². The van der Waals surface area contributed by atoms with Gasteiger partial charge >= 0.3 is 5.97 Å². The molecule has 0 spiro atoms. The first-order valence-electron chi connectivity index (χ1n) is 6.78. The number of hydrogen-bond donors (Lipinski definition) is 3. The zero-order valence-electron chi connectivity index (χ0n) is 12.6. The Hall–Kier alpha value is -2.38. The lowest BCUT2D eigenvalue weighted by Crippen LogP contribution is -2.32. The molecule has 8 nitrogen and oxygen atoms in total. The van der Waals surface area contributed by atoms with Crippen LogP contribution < -0.4 is 10.6 Å². The predicted molar refractivity (Wildman–Crippen MR) is 80.1 cm³/mol. The number of imidazole rings is 1. The van der Waals surface area contributed by atoms with Crippen LogP contribution in [-0.4, -0.2) is 46.1 Å². The van der Waals surface area contributed by atoms with Crippen LogP contribution in [0.3, 0.4) is 0 Å². The van der Waals surface area contributed by atoms with Gasteiger partial charge in [0.1, 0.15) is 11.6 Å². The first-order chi connectivity index (χ1) is 10.0. The van der Waals surface area contributed by atoms with E-state index in [0.29, 0.717) is 35.3 Å². The molecule has 2 heterocycles. The Kier molecular flexibility index (Phi) is 4.56. The molecule has 2 aromatic heterocycles. The summed E-state index contributed by atoms with van der Waals surface area (Å²) < 4.78 is 4.85. The van der Waals surface area contributed by atoms with Gasteiger partial charge in [-0.1, -0.05) is 13.8 Å². The summed E-state index contributed by atoms with van der Waals surface area (Å²) in [6, 6.07) is -0.471. The van der Waals surface area contributed by atoms with E-state index in [1.165, 1.54) is 7.11 Å². The number of carbonyl (C=O) groups excluding carboxylic acids is 1. The zero-order valence-corrected chi connectivity index (χ0v) is 12.6. The van der Waals surface area contributed by atoms with Gasteiger partial charge in [0.15, 0.2) is 11.5 Å². The van der Waals surface area contributed by atoms with Crippen LogP contribution in [-0.2, 0) is 9.53 Å². The highest BCUT2D eigenvalue weighted by atomic mass is 16.5. The lowest BCUT2D eigenvalue weighted by Gasteiger charge is -2.19. The lowest BCUT2D eigenvalue weighted by atomic mass is 10.0. The highest BCUT2D eigenvalue weighted by Crippen LogP contribution is 2.21. The number of anilines is 2. The van der Waals surface area contributed by atoms with Crippen molar-refractivity contribution in [2.24, 2.45) is 5.92 Å². The van der Waals surface area contributed by atoms with Crippen LogP contribution >= 0.6 is 0 Å². The summed E-state index contributed by atoms with van der Waals surface area (Å²) in [6.07, 6.45) is 2.18. The fraction of sp³-hybridized carbons (Fsp3) is 0.538. The lowest BCUT2D eigenvalue weighted by molar-refractivity contribution is -0.141. The molecule has 0 aliphatic carbocycles. The maximum Gasteiger partial charge on any atom is 0.328 e. The van der Waals surface area contributed by atoms with Gasteiger partial charge in [-0.2, -0.15) is 9.97 Å². The first kappa shape index (κ1) is 15.0. The van der Waals surface area contributed by atoms with Crippen LogP contribution in [0, 0.1) is 5.92 Å². The van der Waals surface area contributed by atoms with Gasteiger partial charge in [-0.25, -0.2) is 9.78 Å². The number of nitrogens with one attached hydrogen (secondary N) is 3. The van der Waals surface area contributed by atoms with E-state index in [1.54, 1.807) is 13.4 Å². The quantitative estimate of drug-likeness (QED) is 0.691. The summed E-state index contributed by atoms with van der Waals surface area (Å²) in [5.74, 6) is 0.980. The fourth-order valence-electron chi connectivity index (χ4n) is 2.04. The number of methoxy groups -OCH3 is 1. The van der Waals surface area contributed by atoms with Crippen LogP contribution in [0.1, 0.15) is 20.3 Å². The second kappa shape index (κ2) is 6.38. The van der Waals surface area contributed by atoms with Crippen molar-refractivity contribution in [3.05, 3.63) is 6.33 Å². The Morgan fingerprint density at radius 3 is 2.81 bits per heavy atom. The molecule has 2 rings (SSSR count). The van der Waals surface area contributed by atoms with Crippen LogP contribution in [0.2, 0.25) is 0 Å². The molecule has 3 N–H and O–H groups in total. The third-order valence-electron chi connectivity index (χ3n) is 3.01. The molecule has 0 aliphatic heterocycles. The Bertz CT molecular complexity index is 624. The summed E-state index contributed by atoms with van der Waals surface area (Å²) in [7, 11) is 3.10. The Balaban J connectivity index is 2.35. The van der Waals surface area contributed by atoms with Crippen LogP contribution in [0.15, 0.2) is 6.33 Å². The minimum absolute atomic E-state index is 0.319. The molecule has 2 aromatic rings. The molecule has 0 fully saturated rings. The number of H-pyrrole nitrogens is 1. The van der Waals surface area contributed by atoms with Gasteiger partial charge in [-0.05, 0) is 12.3 Å². The van der Waals surface area contributed by atoms with Gasteiger partial charge in [0, 0.05) is 7.05 Å². The number of aromatic amines is 1. The number of esters is 1. The minimum atomic E-state index is -0.471. The van der Waals surface area contributed by atoms with E-state index in [2.05, 4.69) is 30.6 Å². The summed E-state index contributed by atoms with van der Waals surface area (Å²) >= 11 is 0. The standard InChI is InChI=1S/C13H20N6O2/c1-7(2)5-8(12(20)21-4)17-11-9-10(16-6-15-9)18-13(14-3)19-11/h6-8H,5H2,1-4H3,(H3,14,15,16,17,18,19). The highest BCUT2D eigenvalue weighted by Gasteiger charge is 2.22. The van der Waals surface area contributed by atoms with Crippen molar-refractivity contribution in [1.82, 2.24) is 19.9 Å². The van der Waals surface area contributed by atoms with Crippen LogP contribution in [0.5, 0.6) is 0 Å². The van der Waals surface area contributed by atoms with Gasteiger partial charge in [0.05, 0.1) is 13.4 Å². The van der Waals surface area contributed by atoms with Crippen molar-refractivity contribution in [1.29, 1.82) is 0 Å². The average molecular weight is 292 g/mol. The number of hydrogen-bond acceptors (Lipinski definition) is 7.